The maximum Gasteiger partial charge on any atom is 0.270 e. The van der Waals surface area contributed by atoms with Gasteiger partial charge in [0, 0.05) is 23.7 Å². The second-order valence-corrected chi connectivity index (χ2v) is 8.91. The largest absolute Gasteiger partial charge is 0.322 e. The molecule has 0 saturated carbocycles. The fraction of sp³-hybridized carbons (Fsp3) is 0.519. The highest BCUT2D eigenvalue weighted by Crippen LogP contribution is 2.31. The van der Waals surface area contributed by atoms with Crippen LogP contribution in [0, 0.1) is 6.92 Å². The van der Waals surface area contributed by atoms with Crippen molar-refractivity contribution in [3.63, 3.8) is 0 Å². The number of hydrogen-bond acceptors (Lipinski definition) is 2. The van der Waals surface area contributed by atoms with E-state index in [0.717, 1.165) is 63.2 Å². The summed E-state index contributed by atoms with van der Waals surface area (Å²) in [6.45, 7) is 9.23. The Labute approximate surface area is 192 Å². The van der Waals surface area contributed by atoms with Gasteiger partial charge in [0.2, 0.25) is 0 Å². The van der Waals surface area contributed by atoms with Crippen molar-refractivity contribution < 1.29 is 13.6 Å². The van der Waals surface area contributed by atoms with Crippen LogP contribution in [-0.2, 0) is 18.8 Å². The number of aryl methyl sites for hydroxylation is 3. The normalized spacial score (nSPS) is 11.8. The molecular weight excluding hydrogens is 406 g/mol. The van der Waals surface area contributed by atoms with Gasteiger partial charge in [-0.1, -0.05) is 26.3 Å². The Morgan fingerprint density at radius 2 is 1.75 bits per heavy atom. The minimum Gasteiger partial charge on any atom is -0.322 e. The molecule has 0 fully saturated rings. The molecule has 0 radical (unpaired) electrons. The van der Waals surface area contributed by atoms with Crippen LogP contribution in [0.15, 0.2) is 36.4 Å². The van der Waals surface area contributed by atoms with E-state index in [1.165, 1.54) is 11.6 Å². The van der Waals surface area contributed by atoms with E-state index >= 15 is 0 Å². The van der Waals surface area contributed by atoms with Crippen molar-refractivity contribution >= 4 is 11.6 Å². The van der Waals surface area contributed by atoms with Gasteiger partial charge in [0.25, 0.3) is 11.8 Å². The van der Waals surface area contributed by atoms with E-state index in [2.05, 4.69) is 31.1 Å². The average molecular weight is 445 g/mol. The van der Waals surface area contributed by atoms with Crippen molar-refractivity contribution in [1.29, 1.82) is 0 Å². The first-order chi connectivity index (χ1) is 15.1. The molecule has 0 atom stereocenters. The number of nitrogens with zero attached hydrogens (tertiary/aromatic N) is 1. The third-order valence-electron chi connectivity index (χ3n) is 5.74. The van der Waals surface area contributed by atoms with Crippen LogP contribution < -0.4 is 5.32 Å². The number of rotatable bonds is 12. The summed E-state index contributed by atoms with van der Waals surface area (Å²) >= 11 is 0. The summed E-state index contributed by atoms with van der Waals surface area (Å²) in [5, 5.41) is 2.83. The number of benzene rings is 2. The van der Waals surface area contributed by atoms with Crippen molar-refractivity contribution in [3.8, 4) is 0 Å². The highest BCUT2D eigenvalue weighted by molar-refractivity contribution is 6.04. The van der Waals surface area contributed by atoms with Gasteiger partial charge in [0.15, 0.2) is 0 Å². The zero-order valence-corrected chi connectivity index (χ0v) is 20.2. The Balaban J connectivity index is 2.13. The molecule has 1 amide bonds. The molecule has 0 bridgehead atoms. The molecule has 0 aliphatic carbocycles. The van der Waals surface area contributed by atoms with E-state index in [9.17, 15) is 13.6 Å². The first-order valence-corrected chi connectivity index (χ1v) is 11.8. The van der Waals surface area contributed by atoms with Gasteiger partial charge in [0.1, 0.15) is 0 Å². The molecule has 3 nitrogen and oxygen atoms in total. The van der Waals surface area contributed by atoms with E-state index in [4.69, 9.17) is 0 Å². The smallest absolute Gasteiger partial charge is 0.270 e. The summed E-state index contributed by atoms with van der Waals surface area (Å²) in [4.78, 5) is 15.1. The maximum absolute atomic E-state index is 14.1. The molecule has 0 spiro atoms. The number of carbonyl (C=O) groups is 1. The molecule has 176 valence electrons. The molecule has 1 N–H and O–H groups in total. The zero-order valence-electron chi connectivity index (χ0n) is 20.2. The third kappa shape index (κ3) is 8.01. The second-order valence-electron chi connectivity index (χ2n) is 8.91. The van der Waals surface area contributed by atoms with Crippen molar-refractivity contribution in [3.05, 3.63) is 64.2 Å². The molecule has 0 saturated heterocycles. The lowest BCUT2D eigenvalue weighted by molar-refractivity contribution is 0.0174. The van der Waals surface area contributed by atoms with Crippen molar-refractivity contribution in [2.45, 2.75) is 72.1 Å². The fourth-order valence-corrected chi connectivity index (χ4v) is 3.96. The van der Waals surface area contributed by atoms with Crippen LogP contribution in [0.5, 0.6) is 0 Å². The lowest BCUT2D eigenvalue weighted by Gasteiger charge is -2.17. The molecule has 0 aromatic heterocycles. The maximum atomic E-state index is 14.1. The van der Waals surface area contributed by atoms with Gasteiger partial charge in [-0.3, -0.25) is 4.79 Å². The summed E-state index contributed by atoms with van der Waals surface area (Å²) in [7, 11) is 2.10. The van der Waals surface area contributed by atoms with Crippen LogP contribution in [0.3, 0.4) is 0 Å². The zero-order chi connectivity index (χ0) is 23.7. The molecule has 0 heterocycles. The quantitative estimate of drug-likeness (QED) is 0.358. The standard InChI is InChI=1S/C27H38F2N2O/c1-6-10-22-12-13-23(16-20(22)3)26(32)30-25-18-21(17-24(19-25)27(4,28)29)11-8-9-15-31(5)14-7-2/h12-13,16-19H,6-11,14-15H2,1-5H3,(H,30,32). The number of amides is 1. The lowest BCUT2D eigenvalue weighted by atomic mass is 10.00. The minimum atomic E-state index is -2.96. The fourth-order valence-electron chi connectivity index (χ4n) is 3.96. The molecule has 2 aromatic rings. The Kier molecular flexibility index (Phi) is 9.83. The SMILES string of the molecule is CCCc1ccc(C(=O)Nc2cc(CCCCN(C)CCC)cc(C(C)(F)F)c2)cc1C. The van der Waals surface area contributed by atoms with Crippen molar-refractivity contribution in [1.82, 2.24) is 4.90 Å². The number of nitrogens with one attached hydrogen (secondary N) is 1. The number of carbonyl (C=O) groups excluding carboxylic acids is 1. The Morgan fingerprint density at radius 1 is 1.00 bits per heavy atom. The molecular formula is C27H38F2N2O. The van der Waals surface area contributed by atoms with Gasteiger partial charge in [0.05, 0.1) is 0 Å². The van der Waals surface area contributed by atoms with Crippen molar-refractivity contribution in [2.24, 2.45) is 0 Å². The van der Waals surface area contributed by atoms with E-state index in [-0.39, 0.29) is 11.5 Å². The van der Waals surface area contributed by atoms with Gasteiger partial charge < -0.3 is 10.2 Å². The van der Waals surface area contributed by atoms with E-state index in [1.807, 2.05) is 25.1 Å². The van der Waals surface area contributed by atoms with Gasteiger partial charge in [-0.05, 0) is 106 Å². The number of hydrogen-bond donors (Lipinski definition) is 1. The number of alkyl halides is 2. The lowest BCUT2D eigenvalue weighted by Crippen LogP contribution is -2.20. The van der Waals surface area contributed by atoms with Gasteiger partial charge >= 0.3 is 0 Å². The monoisotopic (exact) mass is 444 g/mol. The van der Waals surface area contributed by atoms with Crippen LogP contribution in [0.4, 0.5) is 14.5 Å². The number of halogens is 2. The third-order valence-corrected chi connectivity index (χ3v) is 5.74. The van der Waals surface area contributed by atoms with E-state index in [0.29, 0.717) is 17.7 Å². The molecule has 2 aromatic carbocycles. The highest BCUT2D eigenvalue weighted by Gasteiger charge is 2.25. The summed E-state index contributed by atoms with van der Waals surface area (Å²) < 4.78 is 28.2. The second kappa shape index (κ2) is 12.1. The highest BCUT2D eigenvalue weighted by atomic mass is 19.3. The average Bonchev–Trinajstić information content (AvgIpc) is 2.72. The summed E-state index contributed by atoms with van der Waals surface area (Å²) in [6, 6.07) is 10.4. The first-order valence-electron chi connectivity index (χ1n) is 11.8. The van der Waals surface area contributed by atoms with Crippen LogP contribution >= 0.6 is 0 Å². The molecule has 5 heteroatoms. The van der Waals surface area contributed by atoms with Crippen LogP contribution in [0.25, 0.3) is 0 Å². The van der Waals surface area contributed by atoms with Crippen LogP contribution in [0.2, 0.25) is 0 Å². The Morgan fingerprint density at radius 3 is 2.38 bits per heavy atom. The van der Waals surface area contributed by atoms with E-state index in [1.54, 1.807) is 12.1 Å². The number of anilines is 1. The minimum absolute atomic E-state index is 0.0668. The summed E-state index contributed by atoms with van der Waals surface area (Å²) in [5.74, 6) is -3.24. The molecule has 2 rings (SSSR count). The topological polar surface area (TPSA) is 32.3 Å². The Hall–Kier alpha value is -2.27. The van der Waals surface area contributed by atoms with Crippen molar-refractivity contribution in [2.75, 3.05) is 25.5 Å². The molecule has 0 aliphatic heterocycles. The van der Waals surface area contributed by atoms with Crippen LogP contribution in [0.1, 0.15) is 79.1 Å². The van der Waals surface area contributed by atoms with Crippen LogP contribution in [-0.4, -0.2) is 30.9 Å². The summed E-state index contributed by atoms with van der Waals surface area (Å²) in [5.41, 5.74) is 4.01. The predicted molar refractivity (Wildman–Crippen MR) is 130 cm³/mol. The first kappa shape index (κ1) is 26.0. The van der Waals surface area contributed by atoms with E-state index < -0.39 is 5.92 Å². The summed E-state index contributed by atoms with van der Waals surface area (Å²) in [6.07, 6.45) is 5.76. The van der Waals surface area contributed by atoms with Gasteiger partial charge in [-0.2, -0.15) is 0 Å². The van der Waals surface area contributed by atoms with Gasteiger partial charge in [-0.15, -0.1) is 0 Å². The Bertz CT molecular complexity index is 890. The number of unbranched alkanes of at least 4 members (excludes halogenated alkanes) is 1. The molecule has 0 unspecified atom stereocenters. The van der Waals surface area contributed by atoms with Gasteiger partial charge in [-0.25, -0.2) is 8.78 Å². The predicted octanol–water partition coefficient (Wildman–Crippen LogP) is 6.98. The molecule has 32 heavy (non-hydrogen) atoms. The molecule has 0 aliphatic rings.